The third kappa shape index (κ3) is 3.93. The van der Waals surface area contributed by atoms with Crippen LogP contribution in [-0.4, -0.2) is 55.7 Å². The molecule has 1 fully saturated rings. The summed E-state index contributed by atoms with van der Waals surface area (Å²) in [7, 11) is 1.69. The Kier molecular flexibility index (Phi) is 5.68. The molecule has 1 aromatic carbocycles. The lowest BCUT2D eigenvalue weighted by molar-refractivity contribution is 0.0953. The number of aromatic nitrogens is 2. The van der Waals surface area contributed by atoms with Gasteiger partial charge in [-0.25, -0.2) is 9.97 Å². The SMILES string of the molecule is C=CCNC(=O)c1ccnc(N2CCN(c3ccccc3OC)CC2)n1. The average molecular weight is 353 g/mol. The van der Waals surface area contributed by atoms with Crippen LogP contribution in [0.15, 0.2) is 49.2 Å². The van der Waals surface area contributed by atoms with E-state index in [0.717, 1.165) is 37.6 Å². The first-order valence-corrected chi connectivity index (χ1v) is 8.58. The maximum absolute atomic E-state index is 12.1. The van der Waals surface area contributed by atoms with Gasteiger partial charge in [-0.1, -0.05) is 18.2 Å². The van der Waals surface area contributed by atoms with Crippen molar-refractivity contribution in [3.05, 3.63) is 54.9 Å². The first-order chi connectivity index (χ1) is 12.7. The van der Waals surface area contributed by atoms with Crippen LogP contribution in [0.2, 0.25) is 0 Å². The topological polar surface area (TPSA) is 70.6 Å². The van der Waals surface area contributed by atoms with E-state index in [1.807, 2.05) is 18.2 Å². The number of anilines is 2. The molecule has 0 bridgehead atoms. The normalized spacial score (nSPS) is 14.0. The molecule has 1 aliphatic rings. The quantitative estimate of drug-likeness (QED) is 0.798. The number of nitrogens with zero attached hydrogens (tertiary/aromatic N) is 4. The first kappa shape index (κ1) is 17.7. The molecule has 1 aromatic heterocycles. The third-order valence-corrected chi connectivity index (χ3v) is 4.27. The van der Waals surface area contributed by atoms with Crippen molar-refractivity contribution in [3.63, 3.8) is 0 Å². The predicted molar refractivity (Wildman–Crippen MR) is 102 cm³/mol. The number of amides is 1. The van der Waals surface area contributed by atoms with Crippen molar-refractivity contribution in [2.45, 2.75) is 0 Å². The van der Waals surface area contributed by atoms with Crippen molar-refractivity contribution < 1.29 is 9.53 Å². The van der Waals surface area contributed by atoms with Gasteiger partial charge in [-0.15, -0.1) is 6.58 Å². The van der Waals surface area contributed by atoms with Crippen LogP contribution in [0, 0.1) is 0 Å². The molecule has 1 amide bonds. The third-order valence-electron chi connectivity index (χ3n) is 4.27. The number of hydrogen-bond acceptors (Lipinski definition) is 6. The summed E-state index contributed by atoms with van der Waals surface area (Å²) in [6.45, 7) is 7.21. The van der Waals surface area contributed by atoms with Gasteiger partial charge in [0.25, 0.3) is 5.91 Å². The maximum atomic E-state index is 12.1. The summed E-state index contributed by atoms with van der Waals surface area (Å²) in [5, 5.41) is 2.73. The summed E-state index contributed by atoms with van der Waals surface area (Å²) >= 11 is 0. The molecule has 2 aromatic rings. The molecule has 0 radical (unpaired) electrons. The molecule has 2 heterocycles. The first-order valence-electron chi connectivity index (χ1n) is 8.58. The molecule has 0 aliphatic carbocycles. The van der Waals surface area contributed by atoms with E-state index in [9.17, 15) is 4.79 Å². The molecule has 0 saturated carbocycles. The molecule has 7 heteroatoms. The molecule has 1 N–H and O–H groups in total. The molecule has 1 aliphatic heterocycles. The van der Waals surface area contributed by atoms with Gasteiger partial charge >= 0.3 is 0 Å². The number of para-hydroxylation sites is 2. The molecule has 136 valence electrons. The lowest BCUT2D eigenvalue weighted by Gasteiger charge is -2.36. The van der Waals surface area contributed by atoms with E-state index in [-0.39, 0.29) is 5.91 Å². The summed E-state index contributed by atoms with van der Waals surface area (Å²) in [6.07, 6.45) is 3.26. The Labute approximate surface area is 153 Å². The number of hydrogen-bond donors (Lipinski definition) is 1. The smallest absolute Gasteiger partial charge is 0.270 e. The minimum absolute atomic E-state index is 0.221. The number of carbonyl (C=O) groups excluding carboxylic acids is 1. The Morgan fingerprint density at radius 3 is 2.69 bits per heavy atom. The van der Waals surface area contributed by atoms with Crippen molar-refractivity contribution in [1.29, 1.82) is 0 Å². The molecule has 0 spiro atoms. The number of piperazine rings is 1. The summed E-state index contributed by atoms with van der Waals surface area (Å²) in [5.41, 5.74) is 1.46. The van der Waals surface area contributed by atoms with Crippen molar-refractivity contribution in [3.8, 4) is 5.75 Å². The monoisotopic (exact) mass is 353 g/mol. The van der Waals surface area contributed by atoms with Crippen molar-refractivity contribution in [2.75, 3.05) is 49.6 Å². The van der Waals surface area contributed by atoms with Gasteiger partial charge in [-0.3, -0.25) is 4.79 Å². The van der Waals surface area contributed by atoms with Crippen LogP contribution in [0.1, 0.15) is 10.5 Å². The highest BCUT2D eigenvalue weighted by molar-refractivity contribution is 5.92. The van der Waals surface area contributed by atoms with Crippen molar-refractivity contribution >= 4 is 17.5 Å². The standard InChI is InChI=1S/C19H23N5O2/c1-3-9-20-18(25)15-8-10-21-19(22-15)24-13-11-23(12-14-24)16-6-4-5-7-17(16)26-2/h3-8,10H,1,9,11-14H2,2H3,(H,20,25). The largest absolute Gasteiger partial charge is 0.495 e. The highest BCUT2D eigenvalue weighted by Crippen LogP contribution is 2.28. The second kappa shape index (κ2) is 8.33. The van der Waals surface area contributed by atoms with E-state index >= 15 is 0 Å². The van der Waals surface area contributed by atoms with E-state index < -0.39 is 0 Å². The number of rotatable bonds is 6. The van der Waals surface area contributed by atoms with E-state index in [0.29, 0.717) is 18.2 Å². The molecule has 26 heavy (non-hydrogen) atoms. The van der Waals surface area contributed by atoms with Crippen molar-refractivity contribution in [2.24, 2.45) is 0 Å². The van der Waals surface area contributed by atoms with Crippen LogP contribution in [0.25, 0.3) is 0 Å². The zero-order valence-electron chi connectivity index (χ0n) is 14.9. The van der Waals surface area contributed by atoms with Gasteiger partial charge in [0.2, 0.25) is 5.95 Å². The van der Waals surface area contributed by atoms with E-state index in [2.05, 4.69) is 37.7 Å². The number of carbonyl (C=O) groups is 1. The number of nitrogens with one attached hydrogen (secondary N) is 1. The highest BCUT2D eigenvalue weighted by atomic mass is 16.5. The zero-order chi connectivity index (χ0) is 18.4. The van der Waals surface area contributed by atoms with Gasteiger partial charge < -0.3 is 19.9 Å². The minimum Gasteiger partial charge on any atom is -0.495 e. The van der Waals surface area contributed by atoms with Crippen LogP contribution in [0.4, 0.5) is 11.6 Å². The van der Waals surface area contributed by atoms with Gasteiger partial charge in [0.15, 0.2) is 0 Å². The van der Waals surface area contributed by atoms with E-state index in [1.165, 1.54) is 0 Å². The van der Waals surface area contributed by atoms with Crippen LogP contribution in [0.3, 0.4) is 0 Å². The fourth-order valence-electron chi connectivity index (χ4n) is 2.92. The highest BCUT2D eigenvalue weighted by Gasteiger charge is 2.21. The number of benzene rings is 1. The molecular formula is C19H23N5O2. The van der Waals surface area contributed by atoms with Crippen molar-refractivity contribution in [1.82, 2.24) is 15.3 Å². The van der Waals surface area contributed by atoms with Crippen LogP contribution in [0.5, 0.6) is 5.75 Å². The Hall–Kier alpha value is -3.09. The lowest BCUT2D eigenvalue weighted by Crippen LogP contribution is -2.47. The summed E-state index contributed by atoms with van der Waals surface area (Å²) in [4.78, 5) is 25.2. The van der Waals surface area contributed by atoms with Gasteiger partial charge in [-0.05, 0) is 18.2 Å². The molecule has 0 atom stereocenters. The lowest BCUT2D eigenvalue weighted by atomic mass is 10.2. The van der Waals surface area contributed by atoms with Gasteiger partial charge in [-0.2, -0.15) is 0 Å². The van der Waals surface area contributed by atoms with E-state index in [4.69, 9.17) is 4.74 Å². The second-order valence-electron chi connectivity index (χ2n) is 5.89. The maximum Gasteiger partial charge on any atom is 0.270 e. The molecule has 3 rings (SSSR count). The summed E-state index contributed by atoms with van der Waals surface area (Å²) in [5.74, 6) is 1.23. The van der Waals surface area contributed by atoms with Gasteiger partial charge in [0, 0.05) is 38.9 Å². The Bertz CT molecular complexity index is 772. The van der Waals surface area contributed by atoms with E-state index in [1.54, 1.807) is 25.4 Å². The van der Waals surface area contributed by atoms with Gasteiger partial charge in [0.05, 0.1) is 12.8 Å². The Morgan fingerprint density at radius 1 is 1.23 bits per heavy atom. The Morgan fingerprint density at radius 2 is 1.96 bits per heavy atom. The number of ether oxygens (including phenoxy) is 1. The number of methoxy groups -OCH3 is 1. The average Bonchev–Trinajstić information content (AvgIpc) is 2.72. The molecule has 1 saturated heterocycles. The van der Waals surface area contributed by atoms with Crippen LogP contribution in [-0.2, 0) is 0 Å². The second-order valence-corrected chi connectivity index (χ2v) is 5.89. The molecular weight excluding hydrogens is 330 g/mol. The molecule has 0 unspecified atom stereocenters. The van der Waals surface area contributed by atoms with Crippen LogP contribution >= 0.6 is 0 Å². The zero-order valence-corrected chi connectivity index (χ0v) is 14.9. The summed E-state index contributed by atoms with van der Waals surface area (Å²) in [6, 6.07) is 9.63. The molecule has 7 nitrogen and oxygen atoms in total. The minimum atomic E-state index is -0.221. The fourth-order valence-corrected chi connectivity index (χ4v) is 2.92. The van der Waals surface area contributed by atoms with Crippen LogP contribution < -0.4 is 19.9 Å². The Balaban J connectivity index is 1.66. The predicted octanol–water partition coefficient (Wildman–Crippen LogP) is 1.73. The van der Waals surface area contributed by atoms with Gasteiger partial charge in [0.1, 0.15) is 11.4 Å². The summed E-state index contributed by atoms with van der Waals surface area (Å²) < 4.78 is 5.45. The fraction of sp³-hybridized carbons (Fsp3) is 0.316.